The zero-order valence-corrected chi connectivity index (χ0v) is 14.8. The van der Waals surface area contributed by atoms with Gasteiger partial charge in [0.05, 0.1) is 14.2 Å². The highest BCUT2D eigenvalue weighted by atomic mass is 16.5. The van der Waals surface area contributed by atoms with Gasteiger partial charge in [-0.3, -0.25) is 4.79 Å². The van der Waals surface area contributed by atoms with Crippen molar-refractivity contribution in [2.45, 2.75) is 26.8 Å². The Morgan fingerprint density at radius 1 is 1.04 bits per heavy atom. The van der Waals surface area contributed by atoms with Crippen LogP contribution >= 0.6 is 0 Å². The van der Waals surface area contributed by atoms with E-state index in [2.05, 4.69) is 10.6 Å². The van der Waals surface area contributed by atoms with Gasteiger partial charge >= 0.3 is 0 Å². The molecule has 0 heterocycles. The second kappa shape index (κ2) is 7.73. The van der Waals surface area contributed by atoms with Crippen molar-refractivity contribution in [2.75, 3.05) is 24.9 Å². The average molecular weight is 328 g/mol. The van der Waals surface area contributed by atoms with Crippen LogP contribution < -0.4 is 20.1 Å². The SMILES string of the molecule is COc1cc(C)c(NC(C)C(=O)Nc2cccc(C)c2)cc1OC. The molecule has 5 heteroatoms. The molecule has 0 saturated carbocycles. The van der Waals surface area contributed by atoms with Gasteiger partial charge in [0.1, 0.15) is 6.04 Å². The van der Waals surface area contributed by atoms with Crippen LogP contribution in [0.1, 0.15) is 18.1 Å². The summed E-state index contributed by atoms with van der Waals surface area (Å²) in [6.07, 6.45) is 0. The molecule has 1 unspecified atom stereocenters. The van der Waals surface area contributed by atoms with E-state index in [4.69, 9.17) is 9.47 Å². The van der Waals surface area contributed by atoms with Crippen LogP contribution in [0.4, 0.5) is 11.4 Å². The van der Waals surface area contributed by atoms with Crippen LogP contribution in [0.25, 0.3) is 0 Å². The summed E-state index contributed by atoms with van der Waals surface area (Å²) in [7, 11) is 3.19. The van der Waals surface area contributed by atoms with Crippen molar-refractivity contribution < 1.29 is 14.3 Å². The molecule has 2 aromatic rings. The molecule has 24 heavy (non-hydrogen) atoms. The number of ether oxygens (including phenoxy) is 2. The molecule has 0 aromatic heterocycles. The number of rotatable bonds is 6. The second-order valence-electron chi connectivity index (χ2n) is 5.75. The lowest BCUT2D eigenvalue weighted by atomic mass is 10.1. The van der Waals surface area contributed by atoms with Crippen LogP contribution in [-0.2, 0) is 4.79 Å². The third-order valence-electron chi connectivity index (χ3n) is 3.78. The molecule has 0 bridgehead atoms. The molecule has 0 aliphatic heterocycles. The van der Waals surface area contributed by atoms with E-state index in [1.807, 2.05) is 57.2 Å². The molecule has 0 spiro atoms. The number of hydrogen-bond donors (Lipinski definition) is 2. The first-order chi connectivity index (χ1) is 11.4. The third kappa shape index (κ3) is 4.19. The highest BCUT2D eigenvalue weighted by Crippen LogP contribution is 2.33. The van der Waals surface area contributed by atoms with Crippen molar-refractivity contribution in [3.63, 3.8) is 0 Å². The molecule has 0 fully saturated rings. The number of carbonyl (C=O) groups excluding carboxylic acids is 1. The number of methoxy groups -OCH3 is 2. The van der Waals surface area contributed by atoms with E-state index >= 15 is 0 Å². The van der Waals surface area contributed by atoms with E-state index in [-0.39, 0.29) is 5.91 Å². The Kier molecular flexibility index (Phi) is 5.68. The summed E-state index contributed by atoms with van der Waals surface area (Å²) in [6, 6.07) is 11.0. The predicted octanol–water partition coefficient (Wildman–Crippen LogP) is 3.76. The van der Waals surface area contributed by atoms with Crippen molar-refractivity contribution in [3.8, 4) is 11.5 Å². The van der Waals surface area contributed by atoms with Crippen LogP contribution in [0, 0.1) is 13.8 Å². The summed E-state index contributed by atoms with van der Waals surface area (Å²) in [5.74, 6) is 1.18. The summed E-state index contributed by atoms with van der Waals surface area (Å²) in [5.41, 5.74) is 3.70. The maximum Gasteiger partial charge on any atom is 0.246 e. The number of benzene rings is 2. The molecular weight excluding hydrogens is 304 g/mol. The average Bonchev–Trinajstić information content (AvgIpc) is 2.56. The number of anilines is 2. The molecule has 128 valence electrons. The lowest BCUT2D eigenvalue weighted by Crippen LogP contribution is -2.32. The Hall–Kier alpha value is -2.69. The standard InChI is InChI=1S/C19H24N2O3/c1-12-7-6-8-15(9-12)21-19(22)14(3)20-16-11-18(24-5)17(23-4)10-13(16)2/h6-11,14,20H,1-5H3,(H,21,22). The van der Waals surface area contributed by atoms with Crippen molar-refractivity contribution in [1.82, 2.24) is 0 Å². The van der Waals surface area contributed by atoms with E-state index in [0.717, 1.165) is 22.5 Å². The van der Waals surface area contributed by atoms with Crippen LogP contribution in [0.3, 0.4) is 0 Å². The lowest BCUT2D eigenvalue weighted by Gasteiger charge is -2.19. The molecule has 0 radical (unpaired) electrons. The van der Waals surface area contributed by atoms with Gasteiger partial charge in [0.2, 0.25) is 5.91 Å². The van der Waals surface area contributed by atoms with E-state index in [1.54, 1.807) is 14.2 Å². The van der Waals surface area contributed by atoms with Crippen LogP contribution in [0.2, 0.25) is 0 Å². The van der Waals surface area contributed by atoms with Crippen molar-refractivity contribution in [1.29, 1.82) is 0 Å². The van der Waals surface area contributed by atoms with E-state index < -0.39 is 6.04 Å². The van der Waals surface area contributed by atoms with Gasteiger partial charge in [-0.1, -0.05) is 12.1 Å². The molecule has 2 aromatic carbocycles. The molecular formula is C19H24N2O3. The second-order valence-corrected chi connectivity index (χ2v) is 5.75. The first-order valence-corrected chi connectivity index (χ1v) is 7.81. The molecule has 2 rings (SSSR count). The quantitative estimate of drug-likeness (QED) is 0.847. The zero-order valence-electron chi connectivity index (χ0n) is 14.8. The summed E-state index contributed by atoms with van der Waals surface area (Å²) >= 11 is 0. The topological polar surface area (TPSA) is 59.6 Å². The first kappa shape index (κ1) is 17.7. The first-order valence-electron chi connectivity index (χ1n) is 7.81. The maximum absolute atomic E-state index is 12.4. The van der Waals surface area contributed by atoms with Crippen LogP contribution in [-0.4, -0.2) is 26.2 Å². The Morgan fingerprint density at radius 3 is 2.33 bits per heavy atom. The van der Waals surface area contributed by atoms with Gasteiger partial charge in [0.25, 0.3) is 0 Å². The predicted molar refractivity (Wildman–Crippen MR) is 97.2 cm³/mol. The Morgan fingerprint density at radius 2 is 1.71 bits per heavy atom. The van der Waals surface area contributed by atoms with E-state index in [1.165, 1.54) is 0 Å². The zero-order chi connectivity index (χ0) is 17.7. The van der Waals surface area contributed by atoms with E-state index in [9.17, 15) is 4.79 Å². The minimum atomic E-state index is -0.401. The molecule has 1 amide bonds. The Bertz CT molecular complexity index is 729. The van der Waals surface area contributed by atoms with Crippen LogP contribution in [0.15, 0.2) is 36.4 Å². The minimum absolute atomic E-state index is 0.102. The van der Waals surface area contributed by atoms with Gasteiger partial charge in [0.15, 0.2) is 11.5 Å². The molecule has 2 N–H and O–H groups in total. The molecule has 0 aliphatic carbocycles. The highest BCUT2D eigenvalue weighted by Gasteiger charge is 2.16. The fourth-order valence-electron chi connectivity index (χ4n) is 2.41. The van der Waals surface area contributed by atoms with E-state index in [0.29, 0.717) is 11.5 Å². The highest BCUT2D eigenvalue weighted by molar-refractivity contribution is 5.96. The fourth-order valence-corrected chi connectivity index (χ4v) is 2.41. The molecule has 0 saturated heterocycles. The van der Waals surface area contributed by atoms with Crippen molar-refractivity contribution in [3.05, 3.63) is 47.5 Å². The third-order valence-corrected chi connectivity index (χ3v) is 3.78. The lowest BCUT2D eigenvalue weighted by molar-refractivity contribution is -0.116. The molecule has 5 nitrogen and oxygen atoms in total. The van der Waals surface area contributed by atoms with Gasteiger partial charge in [-0.15, -0.1) is 0 Å². The summed E-state index contributed by atoms with van der Waals surface area (Å²) in [6.45, 7) is 5.76. The number of hydrogen-bond acceptors (Lipinski definition) is 4. The van der Waals surface area contributed by atoms with Crippen molar-refractivity contribution in [2.24, 2.45) is 0 Å². The number of nitrogens with one attached hydrogen (secondary N) is 2. The smallest absolute Gasteiger partial charge is 0.246 e. The minimum Gasteiger partial charge on any atom is -0.493 e. The van der Waals surface area contributed by atoms with Gasteiger partial charge in [-0.25, -0.2) is 0 Å². The van der Waals surface area contributed by atoms with Gasteiger partial charge < -0.3 is 20.1 Å². The van der Waals surface area contributed by atoms with Gasteiger partial charge in [-0.2, -0.15) is 0 Å². The molecule has 1 atom stereocenters. The Balaban J connectivity index is 2.11. The fraction of sp³-hybridized carbons (Fsp3) is 0.316. The number of amides is 1. The van der Waals surface area contributed by atoms with Gasteiger partial charge in [-0.05, 0) is 50.1 Å². The summed E-state index contributed by atoms with van der Waals surface area (Å²) < 4.78 is 10.6. The van der Waals surface area contributed by atoms with Crippen LogP contribution in [0.5, 0.6) is 11.5 Å². The Labute approximate surface area is 143 Å². The normalized spacial score (nSPS) is 11.5. The maximum atomic E-state index is 12.4. The number of carbonyl (C=O) groups is 1. The number of aryl methyl sites for hydroxylation is 2. The van der Waals surface area contributed by atoms with Gasteiger partial charge in [0, 0.05) is 17.4 Å². The van der Waals surface area contributed by atoms with Crippen molar-refractivity contribution >= 4 is 17.3 Å². The summed E-state index contributed by atoms with van der Waals surface area (Å²) in [4.78, 5) is 12.4. The summed E-state index contributed by atoms with van der Waals surface area (Å²) in [5, 5.41) is 6.14. The monoisotopic (exact) mass is 328 g/mol. The molecule has 0 aliphatic rings. The largest absolute Gasteiger partial charge is 0.493 e.